The summed E-state index contributed by atoms with van der Waals surface area (Å²) in [6, 6.07) is 16.6. The predicted octanol–water partition coefficient (Wildman–Crippen LogP) is 5.85. The molecule has 0 unspecified atom stereocenters. The van der Waals surface area contributed by atoms with E-state index in [0.29, 0.717) is 16.5 Å². The molecular formula is C21H18BrFN2OS. The Balaban J connectivity index is 1.48. The Bertz CT molecular complexity index is 904. The van der Waals surface area contributed by atoms with Crippen LogP contribution in [0.2, 0.25) is 0 Å². The molecule has 3 rings (SSSR count). The van der Waals surface area contributed by atoms with E-state index in [1.807, 2.05) is 42.6 Å². The van der Waals surface area contributed by atoms with Crippen molar-refractivity contribution < 1.29 is 9.18 Å². The minimum absolute atomic E-state index is 0.131. The minimum Gasteiger partial charge on any atom is -0.326 e. The highest BCUT2D eigenvalue weighted by Crippen LogP contribution is 2.24. The normalized spacial score (nSPS) is 10.6. The van der Waals surface area contributed by atoms with Crippen LogP contribution in [0.1, 0.15) is 17.5 Å². The van der Waals surface area contributed by atoms with Crippen LogP contribution in [0.4, 0.5) is 10.1 Å². The summed E-state index contributed by atoms with van der Waals surface area (Å²) in [6.07, 6.45) is 4.21. The van der Waals surface area contributed by atoms with Crippen LogP contribution < -0.4 is 5.32 Å². The summed E-state index contributed by atoms with van der Waals surface area (Å²) in [4.78, 5) is 17.3. The number of hydrogen-bond acceptors (Lipinski definition) is 3. The molecule has 0 atom stereocenters. The van der Waals surface area contributed by atoms with E-state index in [2.05, 4.69) is 26.2 Å². The minimum atomic E-state index is -0.299. The van der Waals surface area contributed by atoms with Gasteiger partial charge in [0, 0.05) is 39.6 Å². The molecule has 0 saturated carbocycles. The largest absolute Gasteiger partial charge is 0.326 e. The van der Waals surface area contributed by atoms with Crippen LogP contribution in [0.5, 0.6) is 0 Å². The van der Waals surface area contributed by atoms with Crippen molar-refractivity contribution in [1.29, 1.82) is 0 Å². The van der Waals surface area contributed by atoms with Crippen molar-refractivity contribution in [3.05, 3.63) is 88.4 Å². The van der Waals surface area contributed by atoms with Crippen LogP contribution in [-0.2, 0) is 17.0 Å². The molecular weight excluding hydrogens is 427 g/mol. The highest BCUT2D eigenvalue weighted by molar-refractivity contribution is 9.10. The molecule has 27 heavy (non-hydrogen) atoms. The number of amides is 1. The molecule has 1 aromatic heterocycles. The number of carbonyl (C=O) groups is 1. The number of rotatable bonds is 7. The molecule has 0 radical (unpaired) electrons. The second-order valence-electron chi connectivity index (χ2n) is 5.96. The average Bonchev–Trinajstić information content (AvgIpc) is 2.67. The van der Waals surface area contributed by atoms with Crippen LogP contribution >= 0.6 is 27.7 Å². The van der Waals surface area contributed by atoms with E-state index >= 15 is 0 Å². The van der Waals surface area contributed by atoms with Crippen LogP contribution in [0.25, 0.3) is 0 Å². The van der Waals surface area contributed by atoms with E-state index in [1.54, 1.807) is 30.1 Å². The Morgan fingerprint density at radius 1 is 1.15 bits per heavy atom. The Labute approximate surface area is 170 Å². The summed E-state index contributed by atoms with van der Waals surface area (Å²) in [5, 5.41) is 2.85. The van der Waals surface area contributed by atoms with Crippen molar-refractivity contribution in [2.24, 2.45) is 0 Å². The van der Waals surface area contributed by atoms with Gasteiger partial charge in [-0.1, -0.05) is 28.1 Å². The van der Waals surface area contributed by atoms with Gasteiger partial charge in [0.1, 0.15) is 5.82 Å². The molecule has 3 aromatic rings. The molecule has 0 aliphatic rings. The van der Waals surface area contributed by atoms with Gasteiger partial charge >= 0.3 is 0 Å². The highest BCUT2D eigenvalue weighted by Gasteiger charge is 2.07. The monoisotopic (exact) mass is 444 g/mol. The van der Waals surface area contributed by atoms with E-state index in [4.69, 9.17) is 0 Å². The molecule has 0 bridgehead atoms. The third kappa shape index (κ3) is 6.19. The molecule has 1 N–H and O–H groups in total. The van der Waals surface area contributed by atoms with Crippen molar-refractivity contribution in [1.82, 2.24) is 4.98 Å². The van der Waals surface area contributed by atoms with Gasteiger partial charge in [0.25, 0.3) is 0 Å². The average molecular weight is 445 g/mol. The summed E-state index contributed by atoms with van der Waals surface area (Å²) in [6.45, 7) is 0. The lowest BCUT2D eigenvalue weighted by Crippen LogP contribution is -2.12. The van der Waals surface area contributed by atoms with E-state index in [-0.39, 0.29) is 18.1 Å². The van der Waals surface area contributed by atoms with Gasteiger partial charge in [-0.3, -0.25) is 9.78 Å². The van der Waals surface area contributed by atoms with E-state index in [0.717, 1.165) is 16.3 Å². The molecule has 0 aliphatic carbocycles. The maximum absolute atomic E-state index is 13.8. The zero-order valence-electron chi connectivity index (χ0n) is 14.5. The van der Waals surface area contributed by atoms with Crippen molar-refractivity contribution in [2.75, 3.05) is 5.32 Å². The van der Waals surface area contributed by atoms with Crippen molar-refractivity contribution in [3.63, 3.8) is 0 Å². The first-order valence-electron chi connectivity index (χ1n) is 8.46. The topological polar surface area (TPSA) is 42.0 Å². The molecule has 2 aromatic carbocycles. The van der Waals surface area contributed by atoms with Crippen LogP contribution in [-0.4, -0.2) is 10.9 Å². The maximum atomic E-state index is 13.8. The van der Waals surface area contributed by atoms with Crippen molar-refractivity contribution >= 4 is 39.3 Å². The Morgan fingerprint density at radius 2 is 1.96 bits per heavy atom. The number of hydrogen-bond donors (Lipinski definition) is 1. The first-order valence-corrected chi connectivity index (χ1v) is 10.2. The molecule has 0 fully saturated rings. The number of thioether (sulfide) groups is 1. The standard InChI is InChI=1S/C21H18BrFN2OS/c22-17-5-3-16(20(23)12-17)4-10-21(26)25-18-6-8-19(9-7-18)27-14-15-2-1-11-24-13-15/h1-3,5-9,11-13H,4,10,14H2,(H,25,26). The van der Waals surface area contributed by atoms with Gasteiger partial charge in [-0.05, 0) is 60.0 Å². The zero-order chi connectivity index (χ0) is 19.1. The summed E-state index contributed by atoms with van der Waals surface area (Å²) in [5.74, 6) is 0.415. The number of pyridine rings is 1. The lowest BCUT2D eigenvalue weighted by atomic mass is 10.1. The SMILES string of the molecule is O=C(CCc1ccc(Br)cc1F)Nc1ccc(SCc2cccnc2)cc1. The summed E-state index contributed by atoms with van der Waals surface area (Å²) >= 11 is 4.94. The van der Waals surface area contributed by atoms with Crippen LogP contribution in [0.3, 0.4) is 0 Å². The first-order chi connectivity index (χ1) is 13.1. The fourth-order valence-corrected chi connectivity index (χ4v) is 3.65. The lowest BCUT2D eigenvalue weighted by Gasteiger charge is -2.07. The first kappa shape index (κ1) is 19.6. The number of aromatic nitrogens is 1. The second kappa shape index (κ2) is 9.67. The Hall–Kier alpha value is -2.18. The van der Waals surface area contributed by atoms with Crippen molar-refractivity contribution in [3.8, 4) is 0 Å². The third-order valence-corrected chi connectivity index (χ3v) is 5.48. The van der Waals surface area contributed by atoms with Crippen LogP contribution in [0.15, 0.2) is 76.4 Å². The second-order valence-corrected chi connectivity index (χ2v) is 7.92. The van der Waals surface area contributed by atoms with Gasteiger partial charge in [0.05, 0.1) is 0 Å². The molecule has 1 amide bonds. The quantitative estimate of drug-likeness (QED) is 0.464. The molecule has 3 nitrogen and oxygen atoms in total. The molecule has 6 heteroatoms. The van der Waals surface area contributed by atoms with Gasteiger partial charge in [-0.25, -0.2) is 4.39 Å². The van der Waals surface area contributed by atoms with Gasteiger partial charge in [-0.2, -0.15) is 0 Å². The van der Waals surface area contributed by atoms with E-state index in [1.165, 1.54) is 11.6 Å². The highest BCUT2D eigenvalue weighted by atomic mass is 79.9. The zero-order valence-corrected chi connectivity index (χ0v) is 16.9. The van der Waals surface area contributed by atoms with Gasteiger partial charge < -0.3 is 5.32 Å². The summed E-state index contributed by atoms with van der Waals surface area (Å²) in [7, 11) is 0. The van der Waals surface area contributed by atoms with Gasteiger partial charge in [0.2, 0.25) is 5.91 Å². The number of benzene rings is 2. The third-order valence-electron chi connectivity index (χ3n) is 3.90. The number of aryl methyl sites for hydroxylation is 1. The number of carbonyl (C=O) groups excluding carboxylic acids is 1. The molecule has 138 valence electrons. The lowest BCUT2D eigenvalue weighted by molar-refractivity contribution is -0.116. The number of anilines is 1. The number of nitrogens with one attached hydrogen (secondary N) is 1. The van der Waals surface area contributed by atoms with Gasteiger partial charge in [0.15, 0.2) is 0 Å². The van der Waals surface area contributed by atoms with E-state index < -0.39 is 0 Å². The number of halogens is 2. The maximum Gasteiger partial charge on any atom is 0.224 e. The molecule has 1 heterocycles. The summed E-state index contributed by atoms with van der Waals surface area (Å²) in [5.41, 5.74) is 2.44. The van der Waals surface area contributed by atoms with Crippen molar-refractivity contribution in [2.45, 2.75) is 23.5 Å². The van der Waals surface area contributed by atoms with E-state index in [9.17, 15) is 9.18 Å². The molecule has 0 saturated heterocycles. The van der Waals surface area contributed by atoms with Gasteiger partial charge in [-0.15, -0.1) is 11.8 Å². The Morgan fingerprint density at radius 3 is 2.67 bits per heavy atom. The Kier molecular flexibility index (Phi) is 7.01. The fourth-order valence-electron chi connectivity index (χ4n) is 2.48. The number of nitrogens with zero attached hydrogens (tertiary/aromatic N) is 1. The fraction of sp³-hybridized carbons (Fsp3) is 0.143. The summed E-state index contributed by atoms with van der Waals surface area (Å²) < 4.78 is 14.5. The molecule has 0 spiro atoms. The van der Waals surface area contributed by atoms with Crippen LogP contribution in [0, 0.1) is 5.82 Å². The smallest absolute Gasteiger partial charge is 0.224 e. The molecule has 0 aliphatic heterocycles. The predicted molar refractivity (Wildman–Crippen MR) is 111 cm³/mol.